The zero-order valence-electron chi connectivity index (χ0n) is 9.90. The van der Waals surface area contributed by atoms with Crippen LogP contribution in [0.2, 0.25) is 0 Å². The van der Waals surface area contributed by atoms with Crippen molar-refractivity contribution in [1.29, 1.82) is 0 Å². The number of unbranched alkanes of at least 4 members (excludes halogenated alkanes) is 1. The van der Waals surface area contributed by atoms with Crippen LogP contribution in [-0.4, -0.2) is 0 Å². The molecule has 2 atom stereocenters. The maximum Gasteiger partial charge on any atom is -0.0274 e. The van der Waals surface area contributed by atoms with Crippen LogP contribution in [0.15, 0.2) is 0 Å². The summed E-state index contributed by atoms with van der Waals surface area (Å²) in [6.07, 6.45) is 8.62. The van der Waals surface area contributed by atoms with Crippen LogP contribution >= 0.6 is 0 Å². The molecule has 0 aromatic carbocycles. The average molecular weight is 182 g/mol. The summed E-state index contributed by atoms with van der Waals surface area (Å²) in [7, 11) is 0. The van der Waals surface area contributed by atoms with Crippen molar-refractivity contribution in [2.75, 3.05) is 0 Å². The topological polar surface area (TPSA) is 0 Å². The quantitative estimate of drug-likeness (QED) is 0.596. The molecule has 0 aliphatic heterocycles. The van der Waals surface area contributed by atoms with Gasteiger partial charge in [0.05, 0.1) is 0 Å². The highest BCUT2D eigenvalue weighted by Crippen LogP contribution is 2.48. The Morgan fingerprint density at radius 1 is 1.15 bits per heavy atom. The SMILES string of the molecule is CCCCC1(C)C(C)CCCC1C. The van der Waals surface area contributed by atoms with Gasteiger partial charge in [-0.05, 0) is 23.7 Å². The lowest BCUT2D eigenvalue weighted by molar-refractivity contribution is 0.0500. The van der Waals surface area contributed by atoms with E-state index < -0.39 is 0 Å². The molecular weight excluding hydrogens is 156 g/mol. The van der Waals surface area contributed by atoms with Gasteiger partial charge in [0.25, 0.3) is 0 Å². The minimum absolute atomic E-state index is 0.647. The van der Waals surface area contributed by atoms with Crippen LogP contribution in [0, 0.1) is 17.3 Å². The fraction of sp³-hybridized carbons (Fsp3) is 1.00. The summed E-state index contributed by atoms with van der Waals surface area (Å²) in [5, 5.41) is 0. The standard InChI is InChI=1S/C13H26/c1-5-6-10-13(4)11(2)8-7-9-12(13)3/h11-12H,5-10H2,1-4H3. The highest BCUT2D eigenvalue weighted by molar-refractivity contribution is 4.88. The van der Waals surface area contributed by atoms with E-state index >= 15 is 0 Å². The second kappa shape index (κ2) is 4.48. The normalized spacial score (nSPS) is 40.6. The summed E-state index contributed by atoms with van der Waals surface area (Å²) in [5.74, 6) is 1.89. The van der Waals surface area contributed by atoms with E-state index in [1.165, 1.54) is 38.5 Å². The molecular formula is C13H26. The van der Waals surface area contributed by atoms with Crippen molar-refractivity contribution in [3.8, 4) is 0 Å². The van der Waals surface area contributed by atoms with E-state index in [4.69, 9.17) is 0 Å². The van der Waals surface area contributed by atoms with Gasteiger partial charge < -0.3 is 0 Å². The molecule has 2 unspecified atom stereocenters. The first-order chi connectivity index (χ1) is 6.11. The molecule has 0 saturated heterocycles. The molecule has 0 nitrogen and oxygen atoms in total. The summed E-state index contributed by atoms with van der Waals surface area (Å²) in [5.41, 5.74) is 0.647. The predicted octanol–water partition coefficient (Wildman–Crippen LogP) is 4.64. The maximum atomic E-state index is 2.52. The van der Waals surface area contributed by atoms with Gasteiger partial charge in [-0.15, -0.1) is 0 Å². The minimum atomic E-state index is 0.647. The molecule has 1 saturated carbocycles. The summed E-state index contributed by atoms with van der Waals surface area (Å²) in [6, 6.07) is 0. The molecule has 1 aliphatic rings. The highest BCUT2D eigenvalue weighted by Gasteiger charge is 2.38. The van der Waals surface area contributed by atoms with Gasteiger partial charge in [0.15, 0.2) is 0 Å². The molecule has 0 radical (unpaired) electrons. The number of hydrogen-bond donors (Lipinski definition) is 0. The van der Waals surface area contributed by atoms with Gasteiger partial charge >= 0.3 is 0 Å². The van der Waals surface area contributed by atoms with Crippen molar-refractivity contribution < 1.29 is 0 Å². The Labute approximate surface area is 84.1 Å². The van der Waals surface area contributed by atoms with E-state index in [0.717, 1.165) is 11.8 Å². The van der Waals surface area contributed by atoms with Crippen LogP contribution < -0.4 is 0 Å². The van der Waals surface area contributed by atoms with Gasteiger partial charge in [0.1, 0.15) is 0 Å². The number of hydrogen-bond acceptors (Lipinski definition) is 0. The fourth-order valence-electron chi connectivity index (χ4n) is 2.93. The molecule has 13 heavy (non-hydrogen) atoms. The zero-order chi connectivity index (χ0) is 9.90. The maximum absolute atomic E-state index is 2.52. The van der Waals surface area contributed by atoms with E-state index in [1.54, 1.807) is 0 Å². The molecule has 0 aromatic heterocycles. The average Bonchev–Trinajstić information content (AvgIpc) is 2.11. The van der Waals surface area contributed by atoms with E-state index in [9.17, 15) is 0 Å². The van der Waals surface area contributed by atoms with E-state index in [1.807, 2.05) is 0 Å². The summed E-state index contributed by atoms with van der Waals surface area (Å²) >= 11 is 0. The Morgan fingerprint density at radius 2 is 1.69 bits per heavy atom. The molecule has 78 valence electrons. The lowest BCUT2D eigenvalue weighted by Gasteiger charge is -2.45. The lowest BCUT2D eigenvalue weighted by atomic mass is 9.60. The Morgan fingerprint density at radius 3 is 2.15 bits per heavy atom. The third kappa shape index (κ3) is 2.27. The first kappa shape index (κ1) is 11.1. The van der Waals surface area contributed by atoms with Crippen LogP contribution in [0.4, 0.5) is 0 Å². The van der Waals surface area contributed by atoms with Crippen LogP contribution in [-0.2, 0) is 0 Å². The number of rotatable bonds is 3. The second-order valence-corrected chi connectivity index (χ2v) is 5.34. The Bertz CT molecular complexity index is 138. The Balaban J connectivity index is 2.58. The molecule has 0 amide bonds. The summed E-state index contributed by atoms with van der Waals surface area (Å²) in [6.45, 7) is 9.76. The zero-order valence-corrected chi connectivity index (χ0v) is 9.90. The molecule has 0 aromatic rings. The fourth-order valence-corrected chi connectivity index (χ4v) is 2.93. The molecule has 0 bridgehead atoms. The monoisotopic (exact) mass is 182 g/mol. The smallest absolute Gasteiger partial charge is 0.0274 e. The second-order valence-electron chi connectivity index (χ2n) is 5.34. The largest absolute Gasteiger partial charge is 0.0654 e. The van der Waals surface area contributed by atoms with Crippen LogP contribution in [0.25, 0.3) is 0 Å². The summed E-state index contributed by atoms with van der Waals surface area (Å²) < 4.78 is 0. The van der Waals surface area contributed by atoms with Gasteiger partial charge in [-0.2, -0.15) is 0 Å². The van der Waals surface area contributed by atoms with E-state index in [-0.39, 0.29) is 0 Å². The van der Waals surface area contributed by atoms with Gasteiger partial charge in [-0.3, -0.25) is 0 Å². The van der Waals surface area contributed by atoms with E-state index in [2.05, 4.69) is 27.7 Å². The highest BCUT2D eigenvalue weighted by atomic mass is 14.4. The molecule has 1 rings (SSSR count). The Hall–Kier alpha value is 0. The van der Waals surface area contributed by atoms with Crippen LogP contribution in [0.3, 0.4) is 0 Å². The van der Waals surface area contributed by atoms with Gasteiger partial charge in [0, 0.05) is 0 Å². The molecule has 1 fully saturated rings. The van der Waals surface area contributed by atoms with Crippen molar-refractivity contribution >= 4 is 0 Å². The summed E-state index contributed by atoms with van der Waals surface area (Å²) in [4.78, 5) is 0. The van der Waals surface area contributed by atoms with Crippen molar-refractivity contribution in [3.63, 3.8) is 0 Å². The first-order valence-corrected chi connectivity index (χ1v) is 6.11. The molecule has 0 N–H and O–H groups in total. The minimum Gasteiger partial charge on any atom is -0.0654 e. The van der Waals surface area contributed by atoms with Gasteiger partial charge in [0.2, 0.25) is 0 Å². The lowest BCUT2D eigenvalue weighted by Crippen LogP contribution is -2.36. The van der Waals surface area contributed by atoms with Crippen molar-refractivity contribution in [3.05, 3.63) is 0 Å². The van der Waals surface area contributed by atoms with Crippen molar-refractivity contribution in [2.45, 2.75) is 66.2 Å². The third-order valence-corrected chi connectivity index (χ3v) is 4.59. The van der Waals surface area contributed by atoms with Gasteiger partial charge in [-0.25, -0.2) is 0 Å². The van der Waals surface area contributed by atoms with Crippen LogP contribution in [0.5, 0.6) is 0 Å². The van der Waals surface area contributed by atoms with Gasteiger partial charge in [-0.1, -0.05) is 59.8 Å². The Kier molecular flexibility index (Phi) is 3.82. The molecule has 1 aliphatic carbocycles. The predicted molar refractivity (Wildman–Crippen MR) is 59.8 cm³/mol. The first-order valence-electron chi connectivity index (χ1n) is 6.11. The molecule has 0 heteroatoms. The van der Waals surface area contributed by atoms with Crippen molar-refractivity contribution in [2.24, 2.45) is 17.3 Å². The van der Waals surface area contributed by atoms with Crippen molar-refractivity contribution in [1.82, 2.24) is 0 Å². The van der Waals surface area contributed by atoms with Crippen LogP contribution in [0.1, 0.15) is 66.2 Å². The van der Waals surface area contributed by atoms with E-state index in [0.29, 0.717) is 5.41 Å². The molecule has 0 spiro atoms. The third-order valence-electron chi connectivity index (χ3n) is 4.59. The molecule has 0 heterocycles.